The summed E-state index contributed by atoms with van der Waals surface area (Å²) in [5.74, 6) is -0.0637. The zero-order valence-electron chi connectivity index (χ0n) is 12.6. The third kappa shape index (κ3) is 4.73. The quantitative estimate of drug-likeness (QED) is 0.879. The number of hydrogen-bond acceptors (Lipinski definition) is 2. The first-order valence-corrected chi connectivity index (χ1v) is 7.69. The normalized spacial score (nSPS) is 10.8. The Morgan fingerprint density at radius 2 is 1.91 bits per heavy atom. The van der Waals surface area contributed by atoms with Gasteiger partial charge in [-0.3, -0.25) is 9.69 Å². The van der Waals surface area contributed by atoms with Crippen LogP contribution in [0.25, 0.3) is 0 Å². The fourth-order valence-electron chi connectivity index (χ4n) is 2.19. The third-order valence-corrected chi connectivity index (χ3v) is 4.05. The van der Waals surface area contributed by atoms with Gasteiger partial charge in [-0.15, -0.1) is 0 Å². The molecule has 116 valence electrons. The maximum Gasteiger partial charge on any atom is 0.238 e. The number of benzene rings is 2. The van der Waals surface area contributed by atoms with Gasteiger partial charge in [-0.05, 0) is 43.3 Å². The summed E-state index contributed by atoms with van der Waals surface area (Å²) in [7, 11) is 1.87. The lowest BCUT2D eigenvalue weighted by atomic mass is 10.2. The van der Waals surface area contributed by atoms with Crippen LogP contribution in [-0.4, -0.2) is 24.4 Å². The van der Waals surface area contributed by atoms with Gasteiger partial charge in [0.2, 0.25) is 5.91 Å². The second-order valence-electron chi connectivity index (χ2n) is 5.30. The average molecular weight is 337 g/mol. The van der Waals surface area contributed by atoms with E-state index < -0.39 is 0 Å². The van der Waals surface area contributed by atoms with Gasteiger partial charge in [0, 0.05) is 12.2 Å². The number of amides is 1. The maximum atomic E-state index is 12.1. The van der Waals surface area contributed by atoms with Crippen molar-refractivity contribution in [2.75, 3.05) is 18.9 Å². The van der Waals surface area contributed by atoms with Gasteiger partial charge >= 0.3 is 0 Å². The van der Waals surface area contributed by atoms with E-state index in [1.165, 1.54) is 0 Å². The topological polar surface area (TPSA) is 32.3 Å². The highest BCUT2D eigenvalue weighted by molar-refractivity contribution is 6.42. The van der Waals surface area contributed by atoms with Crippen LogP contribution < -0.4 is 5.32 Å². The van der Waals surface area contributed by atoms with Crippen LogP contribution in [0, 0.1) is 6.92 Å². The molecule has 2 aromatic rings. The Kier molecular flexibility index (Phi) is 5.83. The zero-order chi connectivity index (χ0) is 16.1. The first kappa shape index (κ1) is 16.8. The molecule has 0 unspecified atom stereocenters. The highest BCUT2D eigenvalue weighted by Crippen LogP contribution is 2.26. The zero-order valence-corrected chi connectivity index (χ0v) is 14.1. The van der Waals surface area contributed by atoms with E-state index in [1.807, 2.05) is 55.3 Å². The summed E-state index contributed by atoms with van der Waals surface area (Å²) in [5, 5.41) is 3.95. The van der Waals surface area contributed by atoms with E-state index in [-0.39, 0.29) is 12.5 Å². The predicted molar refractivity (Wildman–Crippen MR) is 92.6 cm³/mol. The first-order chi connectivity index (χ1) is 10.5. The summed E-state index contributed by atoms with van der Waals surface area (Å²) in [6, 6.07) is 13.2. The molecule has 0 bridgehead atoms. The van der Waals surface area contributed by atoms with Crippen LogP contribution >= 0.6 is 23.2 Å². The van der Waals surface area contributed by atoms with Crippen molar-refractivity contribution in [1.82, 2.24) is 4.90 Å². The molecule has 0 saturated carbocycles. The predicted octanol–water partition coefficient (Wildman–Crippen LogP) is 4.37. The molecule has 2 aromatic carbocycles. The minimum Gasteiger partial charge on any atom is -0.325 e. The third-order valence-electron chi connectivity index (χ3n) is 3.19. The number of aryl methyl sites for hydroxylation is 1. The van der Waals surface area contributed by atoms with Crippen molar-refractivity contribution >= 4 is 34.8 Å². The smallest absolute Gasteiger partial charge is 0.238 e. The van der Waals surface area contributed by atoms with Gasteiger partial charge in [0.15, 0.2) is 0 Å². The fraction of sp³-hybridized carbons (Fsp3) is 0.235. The molecule has 0 spiro atoms. The fourth-order valence-corrected chi connectivity index (χ4v) is 2.57. The number of carbonyl (C=O) groups excluding carboxylic acids is 1. The molecule has 0 aliphatic heterocycles. The lowest BCUT2D eigenvalue weighted by Gasteiger charge is -2.17. The number of nitrogens with zero attached hydrogens (tertiary/aromatic N) is 1. The summed E-state index contributed by atoms with van der Waals surface area (Å²) in [6.07, 6.45) is 0. The van der Waals surface area contributed by atoms with Gasteiger partial charge in [-0.1, -0.05) is 47.5 Å². The standard InChI is InChI=1S/C17H18Cl2N2O/c1-12-5-3-7-14(9-12)20-16(22)11-21(2)10-13-6-4-8-15(18)17(13)19/h3-9H,10-11H2,1-2H3,(H,20,22). The summed E-state index contributed by atoms with van der Waals surface area (Å²) >= 11 is 12.2. The molecule has 0 atom stereocenters. The molecule has 1 N–H and O–H groups in total. The van der Waals surface area contributed by atoms with Gasteiger partial charge in [0.1, 0.15) is 0 Å². The average Bonchev–Trinajstić information content (AvgIpc) is 2.43. The van der Waals surface area contributed by atoms with E-state index in [9.17, 15) is 4.79 Å². The molecular formula is C17H18Cl2N2O. The minimum absolute atomic E-state index is 0.0637. The molecule has 0 saturated heterocycles. The molecule has 2 rings (SSSR count). The summed E-state index contributed by atoms with van der Waals surface area (Å²) in [6.45, 7) is 2.82. The Hall–Kier alpha value is -1.55. The van der Waals surface area contributed by atoms with Gasteiger partial charge in [-0.2, -0.15) is 0 Å². The monoisotopic (exact) mass is 336 g/mol. The largest absolute Gasteiger partial charge is 0.325 e. The molecular weight excluding hydrogens is 319 g/mol. The Balaban J connectivity index is 1.92. The molecule has 0 aliphatic carbocycles. The Morgan fingerprint density at radius 3 is 2.64 bits per heavy atom. The van der Waals surface area contributed by atoms with Gasteiger partial charge in [0.25, 0.3) is 0 Å². The van der Waals surface area contributed by atoms with Crippen molar-refractivity contribution in [3.63, 3.8) is 0 Å². The van der Waals surface area contributed by atoms with Crippen molar-refractivity contribution in [3.8, 4) is 0 Å². The second-order valence-corrected chi connectivity index (χ2v) is 6.09. The van der Waals surface area contributed by atoms with Crippen molar-refractivity contribution < 1.29 is 4.79 Å². The number of rotatable bonds is 5. The number of carbonyl (C=O) groups is 1. The number of likely N-dealkylation sites (N-methyl/N-ethyl adjacent to an activating group) is 1. The van der Waals surface area contributed by atoms with E-state index in [0.717, 1.165) is 16.8 Å². The van der Waals surface area contributed by atoms with Gasteiger partial charge in [-0.25, -0.2) is 0 Å². The van der Waals surface area contributed by atoms with Crippen LogP contribution in [0.15, 0.2) is 42.5 Å². The van der Waals surface area contributed by atoms with Crippen molar-refractivity contribution in [2.24, 2.45) is 0 Å². The lowest BCUT2D eigenvalue weighted by Crippen LogP contribution is -2.29. The molecule has 3 nitrogen and oxygen atoms in total. The van der Waals surface area contributed by atoms with Crippen molar-refractivity contribution in [1.29, 1.82) is 0 Å². The SMILES string of the molecule is Cc1cccc(NC(=O)CN(C)Cc2cccc(Cl)c2Cl)c1. The van der Waals surface area contributed by atoms with Crippen LogP contribution in [0.3, 0.4) is 0 Å². The van der Waals surface area contributed by atoms with Gasteiger partial charge in [0.05, 0.1) is 16.6 Å². The number of halogens is 2. The summed E-state index contributed by atoms with van der Waals surface area (Å²) < 4.78 is 0. The van der Waals surface area contributed by atoms with Crippen LogP contribution in [0.1, 0.15) is 11.1 Å². The van der Waals surface area contributed by atoms with E-state index in [4.69, 9.17) is 23.2 Å². The molecule has 0 aromatic heterocycles. The summed E-state index contributed by atoms with van der Waals surface area (Å²) in [5.41, 5.74) is 2.82. The van der Waals surface area contributed by atoms with Crippen molar-refractivity contribution in [3.05, 3.63) is 63.6 Å². The first-order valence-electron chi connectivity index (χ1n) is 6.93. The summed E-state index contributed by atoms with van der Waals surface area (Å²) in [4.78, 5) is 14.0. The highest BCUT2D eigenvalue weighted by Gasteiger charge is 2.11. The minimum atomic E-state index is -0.0637. The Labute approximate surface area is 140 Å². The Morgan fingerprint density at radius 1 is 1.18 bits per heavy atom. The molecule has 0 radical (unpaired) electrons. The van der Waals surface area contributed by atoms with E-state index in [0.29, 0.717) is 16.6 Å². The van der Waals surface area contributed by atoms with E-state index in [1.54, 1.807) is 6.07 Å². The molecule has 0 aliphatic rings. The maximum absolute atomic E-state index is 12.1. The van der Waals surface area contributed by atoms with Crippen molar-refractivity contribution in [2.45, 2.75) is 13.5 Å². The van der Waals surface area contributed by atoms with Crippen LogP contribution in [0.2, 0.25) is 10.0 Å². The second kappa shape index (κ2) is 7.63. The molecule has 0 fully saturated rings. The number of anilines is 1. The van der Waals surface area contributed by atoms with Crippen LogP contribution in [0.4, 0.5) is 5.69 Å². The van der Waals surface area contributed by atoms with Crippen LogP contribution in [-0.2, 0) is 11.3 Å². The molecule has 0 heterocycles. The Bertz CT molecular complexity index is 673. The number of nitrogens with one attached hydrogen (secondary N) is 1. The lowest BCUT2D eigenvalue weighted by molar-refractivity contribution is -0.117. The molecule has 22 heavy (non-hydrogen) atoms. The molecule has 1 amide bonds. The molecule has 5 heteroatoms. The van der Waals surface area contributed by atoms with Gasteiger partial charge < -0.3 is 5.32 Å². The highest BCUT2D eigenvalue weighted by atomic mass is 35.5. The van der Waals surface area contributed by atoms with E-state index in [2.05, 4.69) is 5.32 Å². The number of hydrogen-bond donors (Lipinski definition) is 1. The van der Waals surface area contributed by atoms with Crippen LogP contribution in [0.5, 0.6) is 0 Å². The van der Waals surface area contributed by atoms with E-state index >= 15 is 0 Å².